The summed E-state index contributed by atoms with van der Waals surface area (Å²) in [5, 5.41) is 2.38. The molecule has 0 atom stereocenters. The third-order valence-corrected chi connectivity index (χ3v) is 4.62. The number of barbiturate groups is 1. The van der Waals surface area contributed by atoms with E-state index in [4.69, 9.17) is 27.5 Å². The first-order valence-corrected chi connectivity index (χ1v) is 9.74. The van der Waals surface area contributed by atoms with Gasteiger partial charge < -0.3 is 9.47 Å². The fourth-order valence-electron chi connectivity index (χ4n) is 2.94. The molecule has 0 saturated carbocycles. The molecular weight excluding hydrogens is 420 g/mol. The minimum Gasteiger partial charge on any atom is -0.490 e. The fourth-order valence-corrected chi connectivity index (χ4v) is 3.21. The molecule has 1 saturated heterocycles. The lowest BCUT2D eigenvalue weighted by Gasteiger charge is -2.26. The molecule has 1 N–H and O–H groups in total. The summed E-state index contributed by atoms with van der Waals surface area (Å²) in [5.41, 5.74) is 1.50. The molecule has 0 aromatic heterocycles. The molecule has 8 heteroatoms. The Bertz CT molecular complexity index is 1120. The van der Waals surface area contributed by atoms with E-state index in [0.717, 1.165) is 10.5 Å². The van der Waals surface area contributed by atoms with Crippen LogP contribution in [-0.4, -0.2) is 31.1 Å². The molecular formula is C23H19ClN2O5. The Kier molecular flexibility index (Phi) is 6.63. The van der Waals surface area contributed by atoms with Crippen LogP contribution in [0.25, 0.3) is 6.08 Å². The minimum atomic E-state index is -0.818. The topological polar surface area (TPSA) is 84.9 Å². The van der Waals surface area contributed by atoms with Crippen LogP contribution in [0.15, 0.2) is 42.0 Å². The Morgan fingerprint density at radius 2 is 1.87 bits per heavy atom. The number of benzene rings is 2. The Morgan fingerprint density at radius 1 is 1.16 bits per heavy atom. The molecule has 1 fully saturated rings. The fraction of sp³-hybridized carbons (Fsp3) is 0.174. The second-order valence-corrected chi connectivity index (χ2v) is 6.96. The lowest BCUT2D eigenvalue weighted by Crippen LogP contribution is -2.54. The van der Waals surface area contributed by atoms with Crippen molar-refractivity contribution in [2.45, 2.75) is 13.8 Å². The maximum atomic E-state index is 13.0. The summed E-state index contributed by atoms with van der Waals surface area (Å²) in [4.78, 5) is 38.6. The largest absolute Gasteiger partial charge is 0.490 e. The van der Waals surface area contributed by atoms with Crippen molar-refractivity contribution in [3.63, 3.8) is 0 Å². The summed E-state index contributed by atoms with van der Waals surface area (Å²) in [7, 11) is 0. The number of amides is 4. The van der Waals surface area contributed by atoms with Gasteiger partial charge in [0.25, 0.3) is 11.8 Å². The molecule has 158 valence electrons. The summed E-state index contributed by atoms with van der Waals surface area (Å²) >= 11 is 6.31. The molecule has 0 spiro atoms. The molecule has 1 aliphatic rings. The molecule has 0 bridgehead atoms. The molecule has 7 nitrogen and oxygen atoms in total. The summed E-state index contributed by atoms with van der Waals surface area (Å²) < 4.78 is 11.0. The first kappa shape index (κ1) is 21.9. The van der Waals surface area contributed by atoms with Gasteiger partial charge in [0.2, 0.25) is 0 Å². The normalized spacial score (nSPS) is 15.0. The van der Waals surface area contributed by atoms with Crippen molar-refractivity contribution in [2.24, 2.45) is 0 Å². The van der Waals surface area contributed by atoms with E-state index >= 15 is 0 Å². The Hall–Kier alpha value is -3.76. The maximum Gasteiger partial charge on any atom is 0.335 e. The van der Waals surface area contributed by atoms with Gasteiger partial charge in [-0.2, -0.15) is 0 Å². The lowest BCUT2D eigenvalue weighted by molar-refractivity contribution is -0.122. The zero-order valence-corrected chi connectivity index (χ0v) is 17.7. The number of anilines is 1. The van der Waals surface area contributed by atoms with E-state index in [1.54, 1.807) is 37.3 Å². The van der Waals surface area contributed by atoms with Crippen LogP contribution in [0.4, 0.5) is 10.5 Å². The van der Waals surface area contributed by atoms with E-state index in [1.165, 1.54) is 12.1 Å². The van der Waals surface area contributed by atoms with Crippen LogP contribution < -0.4 is 19.7 Å². The van der Waals surface area contributed by atoms with Crippen LogP contribution in [0.5, 0.6) is 11.5 Å². The molecule has 4 amide bonds. The van der Waals surface area contributed by atoms with Gasteiger partial charge in [-0.15, -0.1) is 6.42 Å². The first-order chi connectivity index (χ1) is 14.8. The van der Waals surface area contributed by atoms with E-state index < -0.39 is 17.8 Å². The number of imide groups is 2. The number of nitrogens with one attached hydrogen (secondary N) is 1. The highest BCUT2D eigenvalue weighted by molar-refractivity contribution is 6.39. The van der Waals surface area contributed by atoms with Crippen molar-refractivity contribution in [1.29, 1.82) is 0 Å². The van der Waals surface area contributed by atoms with Gasteiger partial charge in [-0.05, 0) is 49.8 Å². The predicted molar refractivity (Wildman–Crippen MR) is 117 cm³/mol. The Morgan fingerprint density at radius 3 is 2.52 bits per heavy atom. The van der Waals surface area contributed by atoms with E-state index in [2.05, 4.69) is 11.2 Å². The zero-order valence-electron chi connectivity index (χ0n) is 16.9. The summed E-state index contributed by atoms with van der Waals surface area (Å²) in [6.45, 7) is 3.99. The van der Waals surface area contributed by atoms with Gasteiger partial charge in [0, 0.05) is 0 Å². The van der Waals surface area contributed by atoms with E-state index in [1.807, 2.05) is 6.92 Å². The number of terminal acetylenes is 1. The quantitative estimate of drug-likeness (QED) is 0.422. The average Bonchev–Trinajstić information content (AvgIpc) is 2.72. The lowest BCUT2D eigenvalue weighted by atomic mass is 10.1. The van der Waals surface area contributed by atoms with Crippen molar-refractivity contribution < 1.29 is 23.9 Å². The highest BCUT2D eigenvalue weighted by Crippen LogP contribution is 2.37. The van der Waals surface area contributed by atoms with Crippen LogP contribution in [0.3, 0.4) is 0 Å². The predicted octanol–water partition coefficient (Wildman–Crippen LogP) is 3.73. The van der Waals surface area contributed by atoms with Crippen molar-refractivity contribution >= 4 is 41.2 Å². The number of ether oxygens (including phenoxy) is 2. The number of hydrogen-bond donors (Lipinski definition) is 1. The number of carbonyl (C=O) groups is 3. The van der Waals surface area contributed by atoms with Gasteiger partial charge in [-0.25, -0.2) is 9.69 Å². The highest BCUT2D eigenvalue weighted by Gasteiger charge is 2.36. The van der Waals surface area contributed by atoms with Crippen LogP contribution in [-0.2, 0) is 9.59 Å². The number of halogens is 1. The van der Waals surface area contributed by atoms with Gasteiger partial charge in [0.1, 0.15) is 12.2 Å². The molecule has 31 heavy (non-hydrogen) atoms. The molecule has 3 rings (SSSR count). The summed E-state index contributed by atoms with van der Waals surface area (Å²) in [5.74, 6) is 1.37. The Labute approximate surface area is 184 Å². The van der Waals surface area contributed by atoms with Crippen molar-refractivity contribution in [3.05, 3.63) is 58.1 Å². The van der Waals surface area contributed by atoms with Crippen LogP contribution in [0.1, 0.15) is 18.1 Å². The molecule has 2 aromatic rings. The number of nitrogens with zero attached hydrogens (tertiary/aromatic N) is 1. The third-order valence-electron chi connectivity index (χ3n) is 4.34. The van der Waals surface area contributed by atoms with E-state index in [-0.39, 0.29) is 23.0 Å². The smallest absolute Gasteiger partial charge is 0.335 e. The first-order valence-electron chi connectivity index (χ1n) is 9.36. The molecule has 1 heterocycles. The number of hydrogen-bond acceptors (Lipinski definition) is 5. The summed E-state index contributed by atoms with van der Waals surface area (Å²) in [6, 6.07) is 9.04. The van der Waals surface area contributed by atoms with Gasteiger partial charge in [0.15, 0.2) is 11.5 Å². The monoisotopic (exact) mass is 438 g/mol. The SMILES string of the molecule is C#CCOc1c(Cl)cc(/C=C2\C(=O)NC(=O)N(c3ccc(C)cc3)C2=O)cc1OCC. The highest BCUT2D eigenvalue weighted by atomic mass is 35.5. The summed E-state index contributed by atoms with van der Waals surface area (Å²) in [6.07, 6.45) is 6.57. The van der Waals surface area contributed by atoms with Gasteiger partial charge >= 0.3 is 6.03 Å². The average molecular weight is 439 g/mol. The Balaban J connectivity index is 2.02. The van der Waals surface area contributed by atoms with Gasteiger partial charge in [-0.1, -0.05) is 35.2 Å². The third kappa shape index (κ3) is 4.71. The van der Waals surface area contributed by atoms with Gasteiger partial charge in [0.05, 0.1) is 17.3 Å². The second-order valence-electron chi connectivity index (χ2n) is 6.55. The molecule has 0 aliphatic carbocycles. The zero-order chi connectivity index (χ0) is 22.5. The van der Waals surface area contributed by atoms with Crippen molar-refractivity contribution in [2.75, 3.05) is 18.1 Å². The van der Waals surface area contributed by atoms with E-state index in [9.17, 15) is 14.4 Å². The molecule has 2 aromatic carbocycles. The van der Waals surface area contributed by atoms with Crippen LogP contribution >= 0.6 is 11.6 Å². The molecule has 1 aliphatic heterocycles. The maximum absolute atomic E-state index is 13.0. The number of urea groups is 1. The molecule has 0 unspecified atom stereocenters. The van der Waals surface area contributed by atoms with Crippen molar-refractivity contribution in [3.8, 4) is 23.8 Å². The number of rotatable bonds is 6. The second kappa shape index (κ2) is 9.37. The number of carbonyl (C=O) groups excluding carboxylic acids is 3. The van der Waals surface area contributed by atoms with Crippen molar-refractivity contribution in [1.82, 2.24) is 5.32 Å². The number of aryl methyl sites for hydroxylation is 1. The minimum absolute atomic E-state index is 0.00521. The standard InChI is InChI=1S/C23H19ClN2O5/c1-4-10-31-20-18(24)12-15(13-19(20)30-5-2)11-17-21(27)25-23(29)26(22(17)28)16-8-6-14(3)7-9-16/h1,6-9,11-13H,5,10H2,2-3H3,(H,25,27,29)/b17-11+. The molecule has 0 radical (unpaired) electrons. The van der Waals surface area contributed by atoms with Gasteiger partial charge in [-0.3, -0.25) is 14.9 Å². The van der Waals surface area contributed by atoms with Crippen LogP contribution in [0.2, 0.25) is 5.02 Å². The van der Waals surface area contributed by atoms with Crippen LogP contribution in [0, 0.1) is 19.3 Å². The van der Waals surface area contributed by atoms with E-state index in [0.29, 0.717) is 23.6 Å².